The van der Waals surface area contributed by atoms with Gasteiger partial charge in [-0.1, -0.05) is 6.07 Å². The number of nitrogens with one attached hydrogen (secondary N) is 1. The number of oxazole rings is 1. The van der Waals surface area contributed by atoms with E-state index in [0.29, 0.717) is 11.3 Å². The fraction of sp³-hybridized carbons (Fsp3) is 0.190. The Labute approximate surface area is 155 Å². The number of H-pyrrole nitrogens is 1. The van der Waals surface area contributed by atoms with Crippen molar-refractivity contribution in [3.63, 3.8) is 0 Å². The molecule has 1 aliphatic carbocycles. The van der Waals surface area contributed by atoms with Crippen molar-refractivity contribution in [3.05, 3.63) is 65.7 Å². The van der Waals surface area contributed by atoms with Gasteiger partial charge in [-0.15, -0.1) is 0 Å². The van der Waals surface area contributed by atoms with Crippen molar-refractivity contribution in [1.29, 1.82) is 5.26 Å². The fourth-order valence-corrected chi connectivity index (χ4v) is 3.71. The molecule has 0 fully saturated rings. The highest BCUT2D eigenvalue weighted by Crippen LogP contribution is 2.36. The molecule has 1 atom stereocenters. The average molecular weight is 356 g/mol. The Hall–Kier alpha value is -3.59. The van der Waals surface area contributed by atoms with E-state index < -0.39 is 0 Å². The summed E-state index contributed by atoms with van der Waals surface area (Å²) >= 11 is 0. The maximum absolute atomic E-state index is 9.12. The van der Waals surface area contributed by atoms with Crippen molar-refractivity contribution in [2.45, 2.75) is 25.4 Å². The Morgan fingerprint density at radius 2 is 2.19 bits per heavy atom. The zero-order chi connectivity index (χ0) is 18.2. The third kappa shape index (κ3) is 2.74. The quantitative estimate of drug-likeness (QED) is 0.582. The standard InChI is InChI=1S/C21H16N4O2/c22-10-13-4-6-16-14(8-13)2-1-3-19(16)27-15-5-7-18-17(9-15)21(25-24-18)20-11-23-12-26-20/h4-9,11-12,19H,1-3H2,(H,24,25)/t19-/m1/s1. The van der Waals surface area contributed by atoms with Crippen molar-refractivity contribution in [1.82, 2.24) is 15.2 Å². The molecule has 1 aliphatic rings. The van der Waals surface area contributed by atoms with Crippen molar-refractivity contribution in [3.8, 4) is 23.3 Å². The van der Waals surface area contributed by atoms with Gasteiger partial charge in [-0.3, -0.25) is 5.10 Å². The third-order valence-electron chi connectivity index (χ3n) is 5.01. The first-order chi connectivity index (χ1) is 13.3. The number of aryl methyl sites for hydroxylation is 1. The molecule has 132 valence electrons. The van der Waals surface area contributed by atoms with Crippen LogP contribution >= 0.6 is 0 Å². The molecule has 0 spiro atoms. The summed E-state index contributed by atoms with van der Waals surface area (Å²) in [6.45, 7) is 0. The highest BCUT2D eigenvalue weighted by molar-refractivity contribution is 5.92. The number of rotatable bonds is 3. The third-order valence-corrected chi connectivity index (χ3v) is 5.01. The molecule has 2 aromatic heterocycles. The number of aromatic amines is 1. The maximum atomic E-state index is 9.12. The molecule has 0 radical (unpaired) electrons. The van der Waals surface area contributed by atoms with Crippen LogP contribution < -0.4 is 4.74 Å². The number of hydrogen-bond acceptors (Lipinski definition) is 5. The molecule has 0 amide bonds. The SMILES string of the molecule is N#Cc1ccc2c(c1)CCC[C@H]2Oc1ccc2[nH]nc(-c3cnco3)c2c1. The lowest BCUT2D eigenvalue weighted by Gasteiger charge is -2.26. The molecule has 27 heavy (non-hydrogen) atoms. The summed E-state index contributed by atoms with van der Waals surface area (Å²) in [5, 5.41) is 17.4. The molecular formula is C21H16N4O2. The van der Waals surface area contributed by atoms with E-state index >= 15 is 0 Å². The number of hydrogen-bond donors (Lipinski definition) is 1. The van der Waals surface area contributed by atoms with Crippen LogP contribution in [-0.4, -0.2) is 15.2 Å². The molecular weight excluding hydrogens is 340 g/mol. The van der Waals surface area contributed by atoms with Crippen molar-refractivity contribution in [2.75, 3.05) is 0 Å². The van der Waals surface area contributed by atoms with Gasteiger partial charge in [0.2, 0.25) is 0 Å². The first kappa shape index (κ1) is 15.6. The predicted octanol–water partition coefficient (Wildman–Crippen LogP) is 4.55. The highest BCUT2D eigenvalue weighted by atomic mass is 16.5. The van der Waals surface area contributed by atoms with Crippen LogP contribution in [0.4, 0.5) is 0 Å². The second-order valence-corrected chi connectivity index (χ2v) is 6.67. The number of fused-ring (bicyclic) bond motifs is 2. The van der Waals surface area contributed by atoms with Crippen molar-refractivity contribution >= 4 is 10.9 Å². The van der Waals surface area contributed by atoms with E-state index in [9.17, 15) is 0 Å². The monoisotopic (exact) mass is 356 g/mol. The zero-order valence-corrected chi connectivity index (χ0v) is 14.5. The van der Waals surface area contributed by atoms with E-state index in [1.165, 1.54) is 17.5 Å². The molecule has 6 heteroatoms. The molecule has 0 saturated carbocycles. The molecule has 0 unspecified atom stereocenters. The van der Waals surface area contributed by atoms with Crippen LogP contribution in [0.3, 0.4) is 0 Å². The summed E-state index contributed by atoms with van der Waals surface area (Å²) in [4.78, 5) is 3.97. The lowest BCUT2D eigenvalue weighted by molar-refractivity contribution is 0.183. The highest BCUT2D eigenvalue weighted by Gasteiger charge is 2.22. The summed E-state index contributed by atoms with van der Waals surface area (Å²) in [6.07, 6.45) is 6.01. The first-order valence-corrected chi connectivity index (χ1v) is 8.88. The Morgan fingerprint density at radius 1 is 1.22 bits per heavy atom. The van der Waals surface area contributed by atoms with Crippen LogP contribution in [-0.2, 0) is 6.42 Å². The van der Waals surface area contributed by atoms with Crippen LogP contribution in [0, 0.1) is 11.3 Å². The average Bonchev–Trinajstić information content (AvgIpc) is 3.37. The smallest absolute Gasteiger partial charge is 0.181 e. The Kier molecular flexibility index (Phi) is 3.65. The fourth-order valence-electron chi connectivity index (χ4n) is 3.71. The summed E-state index contributed by atoms with van der Waals surface area (Å²) in [5.41, 5.74) is 4.71. The zero-order valence-electron chi connectivity index (χ0n) is 14.5. The molecule has 0 bridgehead atoms. The van der Waals surface area contributed by atoms with Gasteiger partial charge in [0.25, 0.3) is 0 Å². The summed E-state index contributed by atoms with van der Waals surface area (Å²) in [6, 6.07) is 14.0. The Bertz CT molecular complexity index is 1150. The van der Waals surface area contributed by atoms with E-state index in [1.54, 1.807) is 6.20 Å². The molecule has 4 aromatic rings. The summed E-state index contributed by atoms with van der Waals surface area (Å²) in [5.74, 6) is 1.40. The van der Waals surface area contributed by atoms with E-state index in [4.69, 9.17) is 14.4 Å². The van der Waals surface area contributed by atoms with Crippen molar-refractivity contribution in [2.24, 2.45) is 0 Å². The number of ether oxygens (including phenoxy) is 1. The first-order valence-electron chi connectivity index (χ1n) is 8.88. The van der Waals surface area contributed by atoms with Crippen LogP contribution in [0.1, 0.15) is 35.6 Å². The molecule has 5 rings (SSSR count). The van der Waals surface area contributed by atoms with Gasteiger partial charge in [-0.05, 0) is 60.7 Å². The number of aromatic nitrogens is 3. The number of nitrogens with zero attached hydrogens (tertiary/aromatic N) is 3. The molecule has 6 nitrogen and oxygen atoms in total. The summed E-state index contributed by atoms with van der Waals surface area (Å²) < 4.78 is 11.7. The van der Waals surface area contributed by atoms with Crippen LogP contribution in [0.2, 0.25) is 0 Å². The molecule has 2 aromatic carbocycles. The van der Waals surface area contributed by atoms with Crippen LogP contribution in [0.25, 0.3) is 22.4 Å². The van der Waals surface area contributed by atoms with Crippen molar-refractivity contribution < 1.29 is 9.15 Å². The van der Waals surface area contributed by atoms with Gasteiger partial charge in [-0.25, -0.2) is 4.98 Å². The normalized spacial score (nSPS) is 16.0. The Balaban J connectivity index is 1.49. The number of benzene rings is 2. The lowest BCUT2D eigenvalue weighted by Crippen LogP contribution is -2.15. The van der Waals surface area contributed by atoms with Crippen LogP contribution in [0.15, 0.2) is 53.4 Å². The maximum Gasteiger partial charge on any atom is 0.181 e. The topological polar surface area (TPSA) is 87.7 Å². The van der Waals surface area contributed by atoms with Gasteiger partial charge in [0.05, 0.1) is 23.3 Å². The second kappa shape index (κ2) is 6.29. The van der Waals surface area contributed by atoms with E-state index in [0.717, 1.165) is 41.6 Å². The molecule has 2 heterocycles. The lowest BCUT2D eigenvalue weighted by atomic mass is 9.88. The predicted molar refractivity (Wildman–Crippen MR) is 99.1 cm³/mol. The van der Waals surface area contributed by atoms with Gasteiger partial charge < -0.3 is 9.15 Å². The molecule has 1 N–H and O–H groups in total. The van der Waals surface area contributed by atoms with E-state index in [2.05, 4.69) is 21.3 Å². The van der Waals surface area contributed by atoms with Gasteiger partial charge in [0.1, 0.15) is 17.5 Å². The minimum atomic E-state index is -0.0143. The largest absolute Gasteiger partial charge is 0.486 e. The van der Waals surface area contributed by atoms with Gasteiger partial charge >= 0.3 is 0 Å². The second-order valence-electron chi connectivity index (χ2n) is 6.67. The van der Waals surface area contributed by atoms with Crippen LogP contribution in [0.5, 0.6) is 5.75 Å². The molecule has 0 saturated heterocycles. The Morgan fingerprint density at radius 3 is 3.04 bits per heavy atom. The molecule has 0 aliphatic heterocycles. The van der Waals surface area contributed by atoms with Gasteiger partial charge in [-0.2, -0.15) is 10.4 Å². The van der Waals surface area contributed by atoms with E-state index in [1.807, 2.05) is 36.4 Å². The van der Waals surface area contributed by atoms with Gasteiger partial charge in [0.15, 0.2) is 12.2 Å². The minimum Gasteiger partial charge on any atom is -0.486 e. The minimum absolute atomic E-state index is 0.0143. The van der Waals surface area contributed by atoms with Gasteiger partial charge in [0, 0.05) is 5.39 Å². The number of nitriles is 1. The summed E-state index contributed by atoms with van der Waals surface area (Å²) in [7, 11) is 0. The van der Waals surface area contributed by atoms with E-state index in [-0.39, 0.29) is 6.10 Å².